The Morgan fingerprint density at radius 1 is 1.14 bits per heavy atom. The van der Waals surface area contributed by atoms with E-state index in [0.29, 0.717) is 11.1 Å². The average Bonchev–Trinajstić information content (AvgIpc) is 2.43. The molecule has 7 heteroatoms. The number of primary amides is 1. The first-order valence-corrected chi connectivity index (χ1v) is 7.89. The Balaban J connectivity index is 2.50. The second-order valence-electron chi connectivity index (χ2n) is 4.88. The van der Waals surface area contributed by atoms with Crippen LogP contribution >= 0.6 is 0 Å². The van der Waals surface area contributed by atoms with E-state index in [4.69, 9.17) is 5.73 Å². The minimum Gasteiger partial charge on any atom is -0.366 e. The van der Waals surface area contributed by atoms with Crippen LogP contribution in [0, 0.1) is 19.7 Å². The van der Waals surface area contributed by atoms with Gasteiger partial charge in [0.1, 0.15) is 5.82 Å². The summed E-state index contributed by atoms with van der Waals surface area (Å²) in [6.45, 7) is 3.17. The number of hydrogen-bond donors (Lipinski definition) is 2. The van der Waals surface area contributed by atoms with Crippen LogP contribution in [-0.4, -0.2) is 14.3 Å². The van der Waals surface area contributed by atoms with Crippen LogP contribution in [0.15, 0.2) is 41.3 Å². The number of benzene rings is 2. The van der Waals surface area contributed by atoms with E-state index in [1.54, 1.807) is 19.1 Å². The SMILES string of the molecule is Cc1ccc(S(=O)(=O)Nc2c(C)cccc2C(N)=O)cc1F. The molecule has 0 bridgehead atoms. The van der Waals surface area contributed by atoms with Crippen LogP contribution in [0.5, 0.6) is 0 Å². The van der Waals surface area contributed by atoms with E-state index >= 15 is 0 Å². The molecule has 0 saturated heterocycles. The third-order valence-corrected chi connectivity index (χ3v) is 4.58. The molecule has 0 unspecified atom stereocenters. The molecule has 116 valence electrons. The number of hydrogen-bond acceptors (Lipinski definition) is 3. The van der Waals surface area contributed by atoms with Crippen molar-refractivity contribution in [3.05, 3.63) is 58.9 Å². The van der Waals surface area contributed by atoms with Crippen LogP contribution < -0.4 is 10.5 Å². The van der Waals surface area contributed by atoms with Gasteiger partial charge in [-0.1, -0.05) is 18.2 Å². The summed E-state index contributed by atoms with van der Waals surface area (Å²) in [6, 6.07) is 8.25. The molecule has 0 heterocycles. The summed E-state index contributed by atoms with van der Waals surface area (Å²) in [4.78, 5) is 11.2. The number of carbonyl (C=O) groups excluding carboxylic acids is 1. The zero-order valence-corrected chi connectivity index (χ0v) is 12.9. The Labute approximate surface area is 128 Å². The normalized spacial score (nSPS) is 11.2. The van der Waals surface area contributed by atoms with E-state index in [9.17, 15) is 17.6 Å². The van der Waals surface area contributed by atoms with Gasteiger partial charge in [-0.3, -0.25) is 9.52 Å². The number of halogens is 1. The summed E-state index contributed by atoms with van der Waals surface area (Å²) >= 11 is 0. The highest BCUT2D eigenvalue weighted by Gasteiger charge is 2.20. The monoisotopic (exact) mass is 322 g/mol. The van der Waals surface area contributed by atoms with Gasteiger partial charge in [-0.05, 0) is 43.2 Å². The minimum atomic E-state index is -4.03. The van der Waals surface area contributed by atoms with Crippen molar-refractivity contribution in [1.29, 1.82) is 0 Å². The van der Waals surface area contributed by atoms with Gasteiger partial charge in [0.05, 0.1) is 16.1 Å². The lowest BCUT2D eigenvalue weighted by Gasteiger charge is -2.14. The molecule has 2 aromatic rings. The van der Waals surface area contributed by atoms with Gasteiger partial charge in [-0.15, -0.1) is 0 Å². The zero-order valence-electron chi connectivity index (χ0n) is 12.1. The maximum Gasteiger partial charge on any atom is 0.262 e. The van der Waals surface area contributed by atoms with Crippen LogP contribution in [-0.2, 0) is 10.0 Å². The minimum absolute atomic E-state index is 0.0520. The first-order chi connectivity index (χ1) is 10.2. The Morgan fingerprint density at radius 3 is 2.41 bits per heavy atom. The summed E-state index contributed by atoms with van der Waals surface area (Å²) in [5.74, 6) is -1.38. The third-order valence-electron chi connectivity index (χ3n) is 3.23. The quantitative estimate of drug-likeness (QED) is 0.905. The van der Waals surface area contributed by atoms with Gasteiger partial charge in [0.15, 0.2) is 0 Å². The molecule has 0 spiro atoms. The maximum absolute atomic E-state index is 13.6. The lowest BCUT2D eigenvalue weighted by molar-refractivity contribution is 0.100. The number of aryl methyl sites for hydroxylation is 2. The largest absolute Gasteiger partial charge is 0.366 e. The van der Waals surface area contributed by atoms with Gasteiger partial charge in [0.2, 0.25) is 0 Å². The fraction of sp³-hybridized carbons (Fsp3) is 0.133. The molecule has 5 nitrogen and oxygen atoms in total. The first kappa shape index (κ1) is 16.0. The van der Waals surface area contributed by atoms with Crippen LogP contribution in [0.4, 0.5) is 10.1 Å². The summed E-state index contributed by atoms with van der Waals surface area (Å²) in [7, 11) is -4.03. The van der Waals surface area contributed by atoms with Crippen LogP contribution in [0.1, 0.15) is 21.5 Å². The Bertz CT molecular complexity index is 848. The van der Waals surface area contributed by atoms with Gasteiger partial charge in [-0.2, -0.15) is 0 Å². The number of amides is 1. The predicted octanol–water partition coefficient (Wildman–Crippen LogP) is 2.34. The van der Waals surface area contributed by atoms with E-state index in [1.165, 1.54) is 25.1 Å². The molecule has 2 rings (SSSR count). The van der Waals surface area contributed by atoms with Crippen molar-refractivity contribution < 1.29 is 17.6 Å². The number of anilines is 1. The molecular formula is C15H15FN2O3S. The standard InChI is InChI=1S/C15H15FN2O3S/c1-9-6-7-11(8-13(9)16)22(20,21)18-14-10(2)4-3-5-12(14)15(17)19/h3-8,18H,1-2H3,(H2,17,19). The molecule has 1 amide bonds. The number of sulfonamides is 1. The number of para-hydroxylation sites is 1. The molecule has 22 heavy (non-hydrogen) atoms. The smallest absolute Gasteiger partial charge is 0.262 e. The molecule has 3 N–H and O–H groups in total. The molecule has 0 atom stereocenters. The molecule has 0 aromatic heterocycles. The summed E-state index contributed by atoms with van der Waals surface area (Å²) in [6.07, 6.45) is 0. The lowest BCUT2D eigenvalue weighted by Crippen LogP contribution is -2.19. The van der Waals surface area contributed by atoms with Gasteiger partial charge in [0.25, 0.3) is 15.9 Å². The molecule has 0 aliphatic heterocycles. The van der Waals surface area contributed by atoms with E-state index in [-0.39, 0.29) is 16.1 Å². The average molecular weight is 322 g/mol. The summed E-state index contributed by atoms with van der Waals surface area (Å²) in [5.41, 5.74) is 6.27. The molecule has 0 fully saturated rings. The molecule has 0 aliphatic rings. The second-order valence-corrected chi connectivity index (χ2v) is 6.56. The van der Waals surface area contributed by atoms with Crippen molar-refractivity contribution in [2.75, 3.05) is 4.72 Å². The zero-order chi connectivity index (χ0) is 16.5. The molecule has 0 aliphatic carbocycles. The van der Waals surface area contributed by atoms with Crippen LogP contribution in [0.25, 0.3) is 0 Å². The third kappa shape index (κ3) is 3.09. The number of rotatable bonds is 4. The van der Waals surface area contributed by atoms with Crippen molar-refractivity contribution in [1.82, 2.24) is 0 Å². The van der Waals surface area contributed by atoms with E-state index in [0.717, 1.165) is 6.07 Å². The highest BCUT2D eigenvalue weighted by molar-refractivity contribution is 7.92. The van der Waals surface area contributed by atoms with E-state index < -0.39 is 21.7 Å². The van der Waals surface area contributed by atoms with Gasteiger partial charge in [0, 0.05) is 0 Å². The summed E-state index contributed by atoms with van der Waals surface area (Å²) < 4.78 is 40.6. The number of nitrogens with two attached hydrogens (primary N) is 1. The number of carbonyl (C=O) groups is 1. The first-order valence-electron chi connectivity index (χ1n) is 6.41. The molecule has 2 aromatic carbocycles. The Kier molecular flexibility index (Phi) is 4.18. The Hall–Kier alpha value is -2.41. The van der Waals surface area contributed by atoms with E-state index in [1.807, 2.05) is 0 Å². The van der Waals surface area contributed by atoms with Crippen LogP contribution in [0.2, 0.25) is 0 Å². The summed E-state index contributed by atoms with van der Waals surface area (Å²) in [5, 5.41) is 0. The molecule has 0 saturated carbocycles. The van der Waals surface area contributed by atoms with Crippen molar-refractivity contribution in [2.24, 2.45) is 5.73 Å². The highest BCUT2D eigenvalue weighted by atomic mass is 32.2. The highest BCUT2D eigenvalue weighted by Crippen LogP contribution is 2.24. The van der Waals surface area contributed by atoms with Crippen molar-refractivity contribution >= 4 is 21.6 Å². The van der Waals surface area contributed by atoms with E-state index in [2.05, 4.69) is 4.72 Å². The van der Waals surface area contributed by atoms with Gasteiger partial charge in [-0.25, -0.2) is 12.8 Å². The lowest BCUT2D eigenvalue weighted by atomic mass is 10.1. The maximum atomic E-state index is 13.6. The molecule has 0 radical (unpaired) electrons. The fourth-order valence-corrected chi connectivity index (χ4v) is 3.11. The predicted molar refractivity (Wildman–Crippen MR) is 81.6 cm³/mol. The van der Waals surface area contributed by atoms with Crippen molar-refractivity contribution in [3.63, 3.8) is 0 Å². The fourth-order valence-electron chi connectivity index (χ4n) is 1.94. The number of nitrogens with one attached hydrogen (secondary N) is 1. The van der Waals surface area contributed by atoms with Crippen LogP contribution in [0.3, 0.4) is 0 Å². The second kappa shape index (κ2) is 5.76. The van der Waals surface area contributed by atoms with Gasteiger partial charge < -0.3 is 5.73 Å². The molecular weight excluding hydrogens is 307 g/mol. The van der Waals surface area contributed by atoms with Crippen molar-refractivity contribution in [3.8, 4) is 0 Å². The van der Waals surface area contributed by atoms with Gasteiger partial charge >= 0.3 is 0 Å². The van der Waals surface area contributed by atoms with Crippen molar-refractivity contribution in [2.45, 2.75) is 18.7 Å². The Morgan fingerprint density at radius 2 is 1.82 bits per heavy atom. The topological polar surface area (TPSA) is 89.3 Å².